The highest BCUT2D eigenvalue weighted by Crippen LogP contribution is 2.29. The Morgan fingerprint density at radius 1 is 1.20 bits per heavy atom. The molecule has 0 aliphatic carbocycles. The van der Waals surface area contributed by atoms with Crippen molar-refractivity contribution < 1.29 is 4.39 Å². The molecule has 0 amide bonds. The highest BCUT2D eigenvalue weighted by molar-refractivity contribution is 7.99. The first-order chi connectivity index (χ1) is 9.67. The molecule has 0 radical (unpaired) electrons. The van der Waals surface area contributed by atoms with Crippen molar-refractivity contribution in [2.75, 3.05) is 0 Å². The zero-order valence-corrected chi connectivity index (χ0v) is 12.2. The van der Waals surface area contributed by atoms with Crippen LogP contribution < -0.4 is 0 Å². The third kappa shape index (κ3) is 2.51. The fraction of sp³-hybridized carbons (Fsp3) is 0.143. The maximum Gasteiger partial charge on any atom is 0.195 e. The second-order valence-corrected chi connectivity index (χ2v) is 5.59. The van der Waals surface area contributed by atoms with Gasteiger partial charge in [-0.1, -0.05) is 11.6 Å². The quantitative estimate of drug-likeness (QED) is 0.531. The maximum atomic E-state index is 12.9. The summed E-state index contributed by atoms with van der Waals surface area (Å²) >= 11 is 7.55. The minimum atomic E-state index is -0.261. The maximum absolute atomic E-state index is 12.9. The van der Waals surface area contributed by atoms with E-state index in [1.54, 1.807) is 12.1 Å². The third-order valence-electron chi connectivity index (χ3n) is 2.92. The van der Waals surface area contributed by atoms with Crippen molar-refractivity contribution >= 4 is 34.4 Å². The number of nitrogens with zero attached hydrogens (tertiary/aromatic N) is 3. The summed E-state index contributed by atoms with van der Waals surface area (Å²) in [5.41, 5.74) is 0.817. The van der Waals surface area contributed by atoms with Gasteiger partial charge in [0.25, 0.3) is 0 Å². The van der Waals surface area contributed by atoms with Gasteiger partial charge >= 0.3 is 0 Å². The van der Waals surface area contributed by atoms with E-state index in [0.717, 1.165) is 22.5 Å². The van der Waals surface area contributed by atoms with Gasteiger partial charge in [0.05, 0.1) is 5.39 Å². The number of hydrogen-bond acceptors (Lipinski definition) is 3. The number of fused-ring (bicyclic) bond motifs is 1. The van der Waals surface area contributed by atoms with Crippen LogP contribution in [0.1, 0.15) is 6.92 Å². The van der Waals surface area contributed by atoms with Gasteiger partial charge in [-0.15, -0.1) is 0 Å². The van der Waals surface area contributed by atoms with Crippen LogP contribution in [0, 0.1) is 5.82 Å². The molecule has 2 aromatic heterocycles. The summed E-state index contributed by atoms with van der Waals surface area (Å²) in [6.07, 6.45) is 1.94. The average molecular weight is 308 g/mol. The Morgan fingerprint density at radius 2 is 1.95 bits per heavy atom. The number of rotatable bonds is 3. The smallest absolute Gasteiger partial charge is 0.195 e. The standard InChI is InChI=1S/C14H11ClFN3S/c1-2-19-8-7-11-12(15)17-14(18-13(11)19)20-10-5-3-9(16)4-6-10/h3-8H,2H2,1H3. The van der Waals surface area contributed by atoms with Gasteiger partial charge in [0.15, 0.2) is 5.16 Å². The molecule has 0 aliphatic heterocycles. The minimum absolute atomic E-state index is 0.261. The highest BCUT2D eigenvalue weighted by Gasteiger charge is 2.10. The van der Waals surface area contributed by atoms with E-state index in [1.165, 1.54) is 23.9 Å². The molecule has 0 unspecified atom stereocenters. The summed E-state index contributed by atoms with van der Waals surface area (Å²) in [6, 6.07) is 8.13. The predicted molar refractivity (Wildman–Crippen MR) is 78.7 cm³/mol. The van der Waals surface area contributed by atoms with Gasteiger partial charge in [0, 0.05) is 17.6 Å². The predicted octanol–water partition coefficient (Wildman–Crippen LogP) is 4.39. The summed E-state index contributed by atoms with van der Waals surface area (Å²) in [5.74, 6) is -0.261. The van der Waals surface area contributed by atoms with E-state index in [2.05, 4.69) is 9.97 Å². The monoisotopic (exact) mass is 307 g/mol. The lowest BCUT2D eigenvalue weighted by Gasteiger charge is -2.04. The zero-order valence-electron chi connectivity index (χ0n) is 10.7. The van der Waals surface area contributed by atoms with Crippen molar-refractivity contribution in [2.45, 2.75) is 23.5 Å². The summed E-state index contributed by atoms with van der Waals surface area (Å²) in [4.78, 5) is 9.67. The van der Waals surface area contributed by atoms with Crippen LogP contribution in [0.5, 0.6) is 0 Å². The van der Waals surface area contributed by atoms with Gasteiger partial charge in [-0.05, 0) is 49.0 Å². The topological polar surface area (TPSA) is 30.7 Å². The first-order valence-corrected chi connectivity index (χ1v) is 7.32. The lowest BCUT2D eigenvalue weighted by atomic mass is 10.4. The van der Waals surface area contributed by atoms with Crippen LogP contribution in [0.15, 0.2) is 46.6 Å². The Hall–Kier alpha value is -1.59. The molecule has 20 heavy (non-hydrogen) atoms. The largest absolute Gasteiger partial charge is 0.333 e. The molecule has 0 N–H and O–H groups in total. The van der Waals surface area contributed by atoms with Gasteiger partial charge < -0.3 is 4.57 Å². The first-order valence-electron chi connectivity index (χ1n) is 6.13. The molecule has 1 aromatic carbocycles. The molecule has 0 saturated heterocycles. The van der Waals surface area contributed by atoms with Crippen molar-refractivity contribution in [3.63, 3.8) is 0 Å². The van der Waals surface area contributed by atoms with Crippen LogP contribution in [0.3, 0.4) is 0 Å². The van der Waals surface area contributed by atoms with Crippen molar-refractivity contribution in [1.29, 1.82) is 0 Å². The third-order valence-corrected chi connectivity index (χ3v) is 4.08. The van der Waals surface area contributed by atoms with E-state index >= 15 is 0 Å². The molecule has 102 valence electrons. The second kappa shape index (κ2) is 5.42. The molecular formula is C14H11ClFN3S. The van der Waals surface area contributed by atoms with E-state index in [4.69, 9.17) is 11.6 Å². The summed E-state index contributed by atoms with van der Waals surface area (Å²) < 4.78 is 14.9. The van der Waals surface area contributed by atoms with E-state index in [1.807, 2.05) is 23.8 Å². The molecule has 0 atom stereocenters. The summed E-state index contributed by atoms with van der Waals surface area (Å²) in [7, 11) is 0. The SMILES string of the molecule is CCn1ccc2c(Cl)nc(Sc3ccc(F)cc3)nc21. The average Bonchev–Trinajstić information content (AvgIpc) is 2.85. The Morgan fingerprint density at radius 3 is 2.65 bits per heavy atom. The van der Waals surface area contributed by atoms with Gasteiger partial charge in [-0.3, -0.25) is 0 Å². The molecule has 0 spiro atoms. The van der Waals surface area contributed by atoms with Gasteiger partial charge in [-0.25, -0.2) is 14.4 Å². The van der Waals surface area contributed by atoms with Gasteiger partial charge in [-0.2, -0.15) is 0 Å². The molecule has 3 nitrogen and oxygen atoms in total. The van der Waals surface area contributed by atoms with E-state index in [0.29, 0.717) is 10.3 Å². The Kier molecular flexibility index (Phi) is 3.63. The summed E-state index contributed by atoms with van der Waals surface area (Å²) in [6.45, 7) is 2.86. The van der Waals surface area contributed by atoms with Crippen molar-refractivity contribution in [2.24, 2.45) is 0 Å². The highest BCUT2D eigenvalue weighted by atomic mass is 35.5. The Balaban J connectivity index is 2.01. The van der Waals surface area contributed by atoms with Crippen molar-refractivity contribution in [3.8, 4) is 0 Å². The minimum Gasteiger partial charge on any atom is -0.333 e. The first kappa shape index (κ1) is 13.4. The van der Waals surface area contributed by atoms with Gasteiger partial charge in [0.1, 0.15) is 16.6 Å². The Labute approximate surface area is 124 Å². The van der Waals surface area contributed by atoms with Crippen molar-refractivity contribution in [1.82, 2.24) is 14.5 Å². The van der Waals surface area contributed by atoms with E-state index < -0.39 is 0 Å². The molecule has 0 bridgehead atoms. The zero-order chi connectivity index (χ0) is 14.1. The number of hydrogen-bond donors (Lipinski definition) is 0. The molecule has 3 rings (SSSR count). The number of halogens is 2. The Bertz CT molecular complexity index is 755. The fourth-order valence-corrected chi connectivity index (χ4v) is 2.95. The van der Waals surface area contributed by atoms with E-state index in [9.17, 15) is 4.39 Å². The number of benzene rings is 1. The van der Waals surface area contributed by atoms with Crippen LogP contribution >= 0.6 is 23.4 Å². The molecule has 6 heteroatoms. The van der Waals surface area contributed by atoms with Crippen molar-refractivity contribution in [3.05, 3.63) is 47.5 Å². The second-order valence-electron chi connectivity index (χ2n) is 4.19. The van der Waals surface area contributed by atoms with Gasteiger partial charge in [0.2, 0.25) is 0 Å². The van der Waals surface area contributed by atoms with Crippen LogP contribution in [0.4, 0.5) is 4.39 Å². The molecule has 0 fully saturated rings. The van der Waals surface area contributed by atoms with Crippen LogP contribution in [-0.4, -0.2) is 14.5 Å². The lowest BCUT2D eigenvalue weighted by molar-refractivity contribution is 0.626. The molecule has 0 aliphatic rings. The van der Waals surface area contributed by atoms with Crippen LogP contribution in [0.25, 0.3) is 11.0 Å². The molecule has 0 saturated carbocycles. The lowest BCUT2D eigenvalue weighted by Crippen LogP contribution is -1.96. The molecule has 2 heterocycles. The summed E-state index contributed by atoms with van der Waals surface area (Å²) in [5, 5.41) is 1.84. The number of aromatic nitrogens is 3. The van der Waals surface area contributed by atoms with Crippen LogP contribution in [0.2, 0.25) is 5.15 Å². The van der Waals surface area contributed by atoms with E-state index in [-0.39, 0.29) is 5.82 Å². The van der Waals surface area contributed by atoms with Crippen LogP contribution in [-0.2, 0) is 6.54 Å². The number of aryl methyl sites for hydroxylation is 1. The molecule has 3 aromatic rings. The molecular weight excluding hydrogens is 297 g/mol. The normalized spacial score (nSPS) is 11.2. The fourth-order valence-electron chi connectivity index (χ4n) is 1.92.